The molecular formula is C18H26N4O6. The molecule has 0 aliphatic carbocycles. The van der Waals surface area contributed by atoms with Crippen LogP contribution in [0.1, 0.15) is 26.3 Å². The van der Waals surface area contributed by atoms with Gasteiger partial charge < -0.3 is 35.0 Å². The van der Waals surface area contributed by atoms with Crippen molar-refractivity contribution in [3.63, 3.8) is 0 Å². The molecular weight excluding hydrogens is 368 g/mol. The summed E-state index contributed by atoms with van der Waals surface area (Å²) in [5.41, 5.74) is 5.11. The molecule has 0 aromatic heterocycles. The highest BCUT2D eigenvalue weighted by Gasteiger charge is 2.20. The van der Waals surface area contributed by atoms with Gasteiger partial charge in [-0.1, -0.05) is 0 Å². The van der Waals surface area contributed by atoms with Crippen LogP contribution in [-0.4, -0.2) is 56.7 Å². The summed E-state index contributed by atoms with van der Waals surface area (Å²) in [6.07, 6.45) is -1.27. The van der Waals surface area contributed by atoms with Crippen LogP contribution < -0.4 is 20.7 Å². The van der Waals surface area contributed by atoms with Gasteiger partial charge in [0, 0.05) is 19.7 Å². The molecule has 1 aromatic rings. The molecule has 0 fully saturated rings. The number of hydrogen-bond acceptors (Lipinski definition) is 8. The second kappa shape index (κ2) is 9.58. The minimum Gasteiger partial charge on any atom is -0.489 e. The first-order chi connectivity index (χ1) is 12.9. The molecule has 0 saturated carbocycles. The molecule has 28 heavy (non-hydrogen) atoms. The average Bonchev–Trinajstić information content (AvgIpc) is 2.56. The Morgan fingerprint density at radius 1 is 1.32 bits per heavy atom. The van der Waals surface area contributed by atoms with Crippen LogP contribution in [0.5, 0.6) is 5.75 Å². The van der Waals surface area contributed by atoms with Crippen molar-refractivity contribution in [2.24, 2.45) is 5.73 Å². The van der Waals surface area contributed by atoms with E-state index in [-0.39, 0.29) is 6.61 Å². The van der Waals surface area contributed by atoms with Gasteiger partial charge >= 0.3 is 12.2 Å². The van der Waals surface area contributed by atoms with Crippen LogP contribution in [0.3, 0.4) is 0 Å². The van der Waals surface area contributed by atoms with E-state index in [0.717, 1.165) is 0 Å². The standard InChI is InChI=1S/C18H26N4O6/c1-18(2,3)28-17(25)21-12(9-23)10-26-14-7-6-11(8-13(14)22(4)5)15(19)27-16(20)24/h6-9,12,19H,10H2,1-5H3,(H2,20,24)(H,21,25)/t12-/m1/s1. The Hall–Kier alpha value is -3.30. The lowest BCUT2D eigenvalue weighted by atomic mass is 10.1. The van der Waals surface area contributed by atoms with Crippen LogP contribution in [0, 0.1) is 5.41 Å². The lowest BCUT2D eigenvalue weighted by Gasteiger charge is -2.23. The van der Waals surface area contributed by atoms with Crippen molar-refractivity contribution < 1.29 is 28.6 Å². The number of hydrogen-bond donors (Lipinski definition) is 3. The van der Waals surface area contributed by atoms with Gasteiger partial charge in [-0.15, -0.1) is 0 Å². The Bertz CT molecular complexity index is 742. The molecule has 10 heteroatoms. The first-order valence-corrected chi connectivity index (χ1v) is 8.38. The molecule has 10 nitrogen and oxygen atoms in total. The first kappa shape index (κ1) is 22.7. The topological polar surface area (TPSA) is 144 Å². The van der Waals surface area contributed by atoms with Crippen molar-refractivity contribution in [3.8, 4) is 5.75 Å². The Balaban J connectivity index is 2.86. The summed E-state index contributed by atoms with van der Waals surface area (Å²) < 4.78 is 15.3. The largest absolute Gasteiger partial charge is 0.489 e. The minimum atomic E-state index is -1.08. The van der Waals surface area contributed by atoms with Gasteiger partial charge in [0.2, 0.25) is 5.90 Å². The number of nitrogens with zero attached hydrogens (tertiary/aromatic N) is 1. The van der Waals surface area contributed by atoms with E-state index < -0.39 is 29.7 Å². The second-order valence-corrected chi connectivity index (χ2v) is 7.03. The fourth-order valence-corrected chi connectivity index (χ4v) is 2.04. The van der Waals surface area contributed by atoms with E-state index in [1.165, 1.54) is 6.07 Å². The maximum Gasteiger partial charge on any atom is 0.411 e. The number of alkyl carbamates (subject to hydrolysis) is 1. The predicted octanol–water partition coefficient (Wildman–Crippen LogP) is 1.64. The van der Waals surface area contributed by atoms with Crippen LogP contribution in [0.2, 0.25) is 0 Å². The average molecular weight is 394 g/mol. The summed E-state index contributed by atoms with van der Waals surface area (Å²) in [6.45, 7) is 5.01. The van der Waals surface area contributed by atoms with Gasteiger partial charge in [-0.3, -0.25) is 5.41 Å². The maximum atomic E-state index is 11.8. The summed E-state index contributed by atoms with van der Waals surface area (Å²) >= 11 is 0. The summed E-state index contributed by atoms with van der Waals surface area (Å²) in [5.74, 6) is -0.00188. The molecule has 154 valence electrons. The van der Waals surface area contributed by atoms with E-state index in [4.69, 9.17) is 20.6 Å². The molecule has 0 radical (unpaired) electrons. The Kier molecular flexibility index (Phi) is 7.78. The third kappa shape index (κ3) is 7.52. The summed E-state index contributed by atoms with van der Waals surface area (Å²) in [4.78, 5) is 35.6. The summed E-state index contributed by atoms with van der Waals surface area (Å²) in [6, 6.07) is 3.71. The monoisotopic (exact) mass is 394 g/mol. The normalized spacial score (nSPS) is 11.8. The van der Waals surface area contributed by atoms with E-state index >= 15 is 0 Å². The summed E-state index contributed by atoms with van der Waals surface area (Å²) in [5, 5.41) is 10.1. The van der Waals surface area contributed by atoms with Crippen molar-refractivity contribution in [3.05, 3.63) is 23.8 Å². The molecule has 1 atom stereocenters. The molecule has 0 bridgehead atoms. The molecule has 0 aliphatic rings. The molecule has 1 rings (SSSR count). The summed E-state index contributed by atoms with van der Waals surface area (Å²) in [7, 11) is 3.50. The number of rotatable bonds is 7. The quantitative estimate of drug-likeness (QED) is 0.362. The van der Waals surface area contributed by atoms with E-state index in [2.05, 4.69) is 10.1 Å². The Morgan fingerprint density at radius 3 is 2.46 bits per heavy atom. The molecule has 0 heterocycles. The zero-order valence-corrected chi connectivity index (χ0v) is 16.6. The van der Waals surface area contributed by atoms with Crippen molar-refractivity contribution in [2.45, 2.75) is 32.4 Å². The molecule has 0 saturated heterocycles. The highest BCUT2D eigenvalue weighted by molar-refractivity contribution is 5.98. The fraction of sp³-hybridized carbons (Fsp3) is 0.444. The molecule has 0 unspecified atom stereocenters. The first-order valence-electron chi connectivity index (χ1n) is 8.38. The SMILES string of the molecule is CN(C)c1cc(C(=N)OC(N)=O)ccc1OC[C@@H](C=O)NC(=O)OC(C)(C)C. The van der Waals surface area contributed by atoms with Crippen LogP contribution in [-0.2, 0) is 14.3 Å². The van der Waals surface area contributed by atoms with Gasteiger partial charge in [-0.25, -0.2) is 9.59 Å². The van der Waals surface area contributed by atoms with Crippen LogP contribution >= 0.6 is 0 Å². The number of carbonyl (C=O) groups excluding carboxylic acids is 3. The number of carbonyl (C=O) groups is 3. The van der Waals surface area contributed by atoms with E-state index in [0.29, 0.717) is 23.3 Å². The van der Waals surface area contributed by atoms with Crippen molar-refractivity contribution in [1.29, 1.82) is 5.41 Å². The number of ether oxygens (including phenoxy) is 3. The number of nitrogens with one attached hydrogen (secondary N) is 2. The second-order valence-electron chi connectivity index (χ2n) is 7.03. The predicted molar refractivity (Wildman–Crippen MR) is 103 cm³/mol. The highest BCUT2D eigenvalue weighted by Crippen LogP contribution is 2.28. The number of benzene rings is 1. The molecule has 1 aromatic carbocycles. The maximum absolute atomic E-state index is 11.8. The number of aldehydes is 1. The zero-order valence-electron chi connectivity index (χ0n) is 16.6. The molecule has 0 aliphatic heterocycles. The molecule has 0 spiro atoms. The molecule has 4 N–H and O–H groups in total. The number of primary amides is 1. The van der Waals surface area contributed by atoms with Gasteiger partial charge in [-0.05, 0) is 39.0 Å². The highest BCUT2D eigenvalue weighted by atomic mass is 16.6. The Labute approximate surface area is 163 Å². The lowest BCUT2D eigenvalue weighted by molar-refractivity contribution is -0.110. The number of amides is 2. The Morgan fingerprint density at radius 2 is 1.96 bits per heavy atom. The van der Waals surface area contributed by atoms with Crippen LogP contribution in [0.25, 0.3) is 0 Å². The van der Waals surface area contributed by atoms with Gasteiger partial charge in [0.1, 0.15) is 30.3 Å². The minimum absolute atomic E-state index is 0.127. The van der Waals surface area contributed by atoms with Crippen LogP contribution in [0.4, 0.5) is 15.3 Å². The number of anilines is 1. The van der Waals surface area contributed by atoms with Crippen molar-refractivity contribution in [1.82, 2.24) is 5.32 Å². The van der Waals surface area contributed by atoms with Gasteiger partial charge in [0.25, 0.3) is 0 Å². The number of nitrogens with two attached hydrogens (primary N) is 1. The van der Waals surface area contributed by atoms with Crippen LogP contribution in [0.15, 0.2) is 18.2 Å². The zero-order chi connectivity index (χ0) is 21.5. The van der Waals surface area contributed by atoms with E-state index in [9.17, 15) is 14.4 Å². The van der Waals surface area contributed by atoms with E-state index in [1.54, 1.807) is 51.9 Å². The third-order valence-electron chi connectivity index (χ3n) is 3.19. The smallest absolute Gasteiger partial charge is 0.411 e. The van der Waals surface area contributed by atoms with Gasteiger partial charge in [-0.2, -0.15) is 0 Å². The fourth-order valence-electron chi connectivity index (χ4n) is 2.04. The van der Waals surface area contributed by atoms with Crippen molar-refractivity contribution in [2.75, 3.05) is 25.6 Å². The molecule has 2 amide bonds. The van der Waals surface area contributed by atoms with Gasteiger partial charge in [0.15, 0.2) is 0 Å². The lowest BCUT2D eigenvalue weighted by Crippen LogP contribution is -2.43. The third-order valence-corrected chi connectivity index (χ3v) is 3.19. The van der Waals surface area contributed by atoms with Gasteiger partial charge in [0.05, 0.1) is 5.69 Å². The van der Waals surface area contributed by atoms with Crippen molar-refractivity contribution >= 4 is 30.1 Å². The van der Waals surface area contributed by atoms with E-state index in [1.807, 2.05) is 0 Å².